The molecule has 0 heteroatoms. The second-order valence-electron chi connectivity index (χ2n) is 7.95. The summed E-state index contributed by atoms with van der Waals surface area (Å²) in [4.78, 5) is 0. The standard InChI is InChI=1S/C28H26/c1-3-9-23-25-13-7-8-14-26(25)24(10-4-2)28-18-22-16-20-12-6-5-11-19(20)15-21(22)17-27(23)28/h5-8,11-18H,3-4,9-10H2,1-2H3. The molecule has 138 valence electrons. The van der Waals surface area contributed by atoms with Crippen molar-refractivity contribution in [3.63, 3.8) is 0 Å². The normalized spacial score (nSPS) is 11.8. The van der Waals surface area contributed by atoms with Crippen molar-refractivity contribution in [3.05, 3.63) is 83.9 Å². The number of aryl methyl sites for hydroxylation is 2. The Hall–Kier alpha value is -2.86. The first-order valence-corrected chi connectivity index (χ1v) is 10.6. The van der Waals surface area contributed by atoms with Gasteiger partial charge in [-0.1, -0.05) is 75.2 Å². The third kappa shape index (κ3) is 2.67. The predicted octanol–water partition coefficient (Wildman–Crippen LogP) is 8.20. The topological polar surface area (TPSA) is 0 Å². The lowest BCUT2D eigenvalue weighted by Crippen LogP contribution is -1.96. The SMILES string of the molecule is CCCc1c2ccccc2c(CCC)c2cc3cc4ccccc4cc3cc12. The summed E-state index contributed by atoms with van der Waals surface area (Å²) in [7, 11) is 0. The summed E-state index contributed by atoms with van der Waals surface area (Å²) in [6, 6.07) is 27.3. The highest BCUT2D eigenvalue weighted by atomic mass is 14.2. The molecule has 0 N–H and O–H groups in total. The zero-order chi connectivity index (χ0) is 19.1. The van der Waals surface area contributed by atoms with E-state index in [-0.39, 0.29) is 0 Å². The Morgan fingerprint density at radius 2 is 0.893 bits per heavy atom. The van der Waals surface area contributed by atoms with Crippen LogP contribution in [0.15, 0.2) is 72.8 Å². The highest BCUT2D eigenvalue weighted by molar-refractivity contribution is 6.12. The van der Waals surface area contributed by atoms with E-state index in [1.165, 1.54) is 67.1 Å². The van der Waals surface area contributed by atoms with Crippen molar-refractivity contribution in [2.45, 2.75) is 39.5 Å². The van der Waals surface area contributed by atoms with Gasteiger partial charge in [-0.05, 0) is 91.3 Å². The van der Waals surface area contributed by atoms with Crippen LogP contribution < -0.4 is 0 Å². The summed E-state index contributed by atoms with van der Waals surface area (Å²) in [5.74, 6) is 0. The smallest absolute Gasteiger partial charge is 0.0136 e. The fraction of sp³-hybridized carbons (Fsp3) is 0.214. The van der Waals surface area contributed by atoms with E-state index in [0.29, 0.717) is 0 Å². The largest absolute Gasteiger partial charge is 0.0651 e. The van der Waals surface area contributed by atoms with Crippen LogP contribution >= 0.6 is 0 Å². The Kier molecular flexibility index (Phi) is 4.28. The average molecular weight is 363 g/mol. The van der Waals surface area contributed by atoms with Crippen LogP contribution in [-0.2, 0) is 12.8 Å². The van der Waals surface area contributed by atoms with Gasteiger partial charge in [0.05, 0.1) is 0 Å². The zero-order valence-corrected chi connectivity index (χ0v) is 16.8. The van der Waals surface area contributed by atoms with Gasteiger partial charge in [-0.2, -0.15) is 0 Å². The van der Waals surface area contributed by atoms with Gasteiger partial charge in [-0.25, -0.2) is 0 Å². The van der Waals surface area contributed by atoms with E-state index in [4.69, 9.17) is 0 Å². The molecular weight excluding hydrogens is 336 g/mol. The van der Waals surface area contributed by atoms with Crippen LogP contribution in [0.4, 0.5) is 0 Å². The van der Waals surface area contributed by atoms with Crippen LogP contribution in [0.2, 0.25) is 0 Å². The molecule has 5 aromatic rings. The average Bonchev–Trinajstić information content (AvgIpc) is 2.73. The van der Waals surface area contributed by atoms with Gasteiger partial charge in [0.25, 0.3) is 0 Å². The Morgan fingerprint density at radius 1 is 0.464 bits per heavy atom. The molecule has 0 fully saturated rings. The van der Waals surface area contributed by atoms with Crippen LogP contribution in [0, 0.1) is 0 Å². The van der Waals surface area contributed by atoms with Crippen molar-refractivity contribution in [2.75, 3.05) is 0 Å². The molecule has 0 aliphatic rings. The van der Waals surface area contributed by atoms with E-state index in [1.54, 1.807) is 0 Å². The van der Waals surface area contributed by atoms with Gasteiger partial charge in [0.2, 0.25) is 0 Å². The first kappa shape index (κ1) is 17.3. The molecule has 0 nitrogen and oxygen atoms in total. The Labute approximate surface area is 166 Å². The fourth-order valence-corrected chi connectivity index (χ4v) is 4.83. The van der Waals surface area contributed by atoms with Crippen LogP contribution in [0.1, 0.15) is 37.8 Å². The third-order valence-electron chi connectivity index (χ3n) is 6.07. The van der Waals surface area contributed by atoms with Crippen molar-refractivity contribution >= 4 is 43.1 Å². The number of benzene rings is 5. The first-order valence-electron chi connectivity index (χ1n) is 10.6. The maximum Gasteiger partial charge on any atom is -0.0136 e. The van der Waals surface area contributed by atoms with E-state index >= 15 is 0 Å². The van der Waals surface area contributed by atoms with Crippen molar-refractivity contribution in [1.82, 2.24) is 0 Å². The second kappa shape index (κ2) is 6.95. The van der Waals surface area contributed by atoms with E-state index < -0.39 is 0 Å². The van der Waals surface area contributed by atoms with Gasteiger partial charge in [0.15, 0.2) is 0 Å². The molecule has 0 bridgehead atoms. The van der Waals surface area contributed by atoms with Crippen molar-refractivity contribution in [1.29, 1.82) is 0 Å². The summed E-state index contributed by atoms with van der Waals surface area (Å²) in [6.07, 6.45) is 4.59. The van der Waals surface area contributed by atoms with Crippen LogP contribution in [0.5, 0.6) is 0 Å². The first-order chi connectivity index (χ1) is 13.8. The highest BCUT2D eigenvalue weighted by Crippen LogP contribution is 2.37. The van der Waals surface area contributed by atoms with Gasteiger partial charge >= 0.3 is 0 Å². The summed E-state index contributed by atoms with van der Waals surface area (Å²) < 4.78 is 0. The minimum absolute atomic E-state index is 1.13. The Morgan fingerprint density at radius 3 is 1.32 bits per heavy atom. The molecule has 5 rings (SSSR count). The second-order valence-corrected chi connectivity index (χ2v) is 7.95. The lowest BCUT2D eigenvalue weighted by Gasteiger charge is -2.17. The molecule has 0 heterocycles. The molecule has 0 spiro atoms. The fourth-order valence-electron chi connectivity index (χ4n) is 4.83. The van der Waals surface area contributed by atoms with E-state index in [9.17, 15) is 0 Å². The molecular formula is C28H26. The molecule has 0 unspecified atom stereocenters. The molecule has 5 aromatic carbocycles. The van der Waals surface area contributed by atoms with Crippen molar-refractivity contribution < 1.29 is 0 Å². The highest BCUT2D eigenvalue weighted by Gasteiger charge is 2.14. The number of hydrogen-bond acceptors (Lipinski definition) is 0. The van der Waals surface area contributed by atoms with Gasteiger partial charge in [-0.3, -0.25) is 0 Å². The summed E-state index contributed by atoms with van der Waals surface area (Å²) >= 11 is 0. The maximum absolute atomic E-state index is 2.45. The predicted molar refractivity (Wildman–Crippen MR) is 124 cm³/mol. The number of hydrogen-bond donors (Lipinski definition) is 0. The lowest BCUT2D eigenvalue weighted by molar-refractivity contribution is 0.927. The number of rotatable bonds is 4. The summed E-state index contributed by atoms with van der Waals surface area (Å²) in [5, 5.41) is 11.1. The minimum atomic E-state index is 1.13. The van der Waals surface area contributed by atoms with Crippen molar-refractivity contribution in [3.8, 4) is 0 Å². The lowest BCUT2D eigenvalue weighted by atomic mass is 9.86. The summed E-state index contributed by atoms with van der Waals surface area (Å²) in [5.41, 5.74) is 3.03. The maximum atomic E-state index is 2.45. The van der Waals surface area contributed by atoms with E-state index in [2.05, 4.69) is 86.6 Å². The van der Waals surface area contributed by atoms with Gasteiger partial charge in [0, 0.05) is 0 Å². The monoisotopic (exact) mass is 362 g/mol. The molecule has 28 heavy (non-hydrogen) atoms. The Balaban J connectivity index is 1.97. The molecule has 0 aromatic heterocycles. The Bertz CT molecular complexity index is 1220. The molecule has 0 amide bonds. The quantitative estimate of drug-likeness (QED) is 0.283. The van der Waals surface area contributed by atoms with Crippen LogP contribution in [0.25, 0.3) is 43.1 Å². The van der Waals surface area contributed by atoms with Crippen LogP contribution in [-0.4, -0.2) is 0 Å². The minimum Gasteiger partial charge on any atom is -0.0651 e. The molecule has 0 radical (unpaired) electrons. The number of fused-ring (bicyclic) bond motifs is 4. The van der Waals surface area contributed by atoms with Crippen LogP contribution in [0.3, 0.4) is 0 Å². The molecule has 0 aliphatic heterocycles. The van der Waals surface area contributed by atoms with Gasteiger partial charge in [0.1, 0.15) is 0 Å². The van der Waals surface area contributed by atoms with Gasteiger partial charge < -0.3 is 0 Å². The molecule has 0 saturated heterocycles. The molecule has 0 aliphatic carbocycles. The molecule has 0 atom stereocenters. The van der Waals surface area contributed by atoms with Gasteiger partial charge in [-0.15, -0.1) is 0 Å². The molecule has 0 saturated carbocycles. The van der Waals surface area contributed by atoms with E-state index in [0.717, 1.165) is 12.8 Å². The van der Waals surface area contributed by atoms with Crippen molar-refractivity contribution in [2.24, 2.45) is 0 Å². The van der Waals surface area contributed by atoms with E-state index in [1.807, 2.05) is 0 Å². The third-order valence-corrected chi connectivity index (χ3v) is 6.07. The zero-order valence-electron chi connectivity index (χ0n) is 16.8. The summed E-state index contributed by atoms with van der Waals surface area (Å²) in [6.45, 7) is 4.57.